The Morgan fingerprint density at radius 1 is 1.26 bits per heavy atom. The Morgan fingerprint density at radius 3 is 2.65 bits per heavy atom. The number of benzene rings is 2. The molecule has 6 heteroatoms. The van der Waals surface area contributed by atoms with Gasteiger partial charge in [-0.2, -0.15) is 5.26 Å². The Hall–Kier alpha value is -2.40. The molecular weight excluding hydrogens is 408 g/mol. The molecule has 1 amide bonds. The first-order chi connectivity index (χ1) is 11.0. The van der Waals surface area contributed by atoms with Gasteiger partial charge < -0.3 is 10.6 Å². The van der Waals surface area contributed by atoms with Crippen molar-refractivity contribution in [1.82, 2.24) is 0 Å². The average Bonchev–Trinajstić information content (AvgIpc) is 2.52. The van der Waals surface area contributed by atoms with E-state index in [0.717, 1.165) is 9.13 Å². The zero-order valence-electron chi connectivity index (χ0n) is 12.2. The molecule has 2 rings (SSSR count). The summed E-state index contributed by atoms with van der Waals surface area (Å²) in [4.78, 5) is 12.1. The molecule has 2 aromatic carbocycles. The minimum atomic E-state index is -0.555. The first kappa shape index (κ1) is 17.0. The Kier molecular flexibility index (Phi) is 5.71. The van der Waals surface area contributed by atoms with Crippen molar-refractivity contribution >= 4 is 39.9 Å². The van der Waals surface area contributed by atoms with Gasteiger partial charge in [-0.25, -0.2) is 4.39 Å². The fourth-order valence-electron chi connectivity index (χ4n) is 1.83. The van der Waals surface area contributed by atoms with Gasteiger partial charge >= 0.3 is 0 Å². The molecule has 0 bridgehead atoms. The molecule has 2 aromatic rings. The molecule has 0 aliphatic heterocycles. The Morgan fingerprint density at radius 2 is 2.00 bits per heavy atom. The Balaban J connectivity index is 2.14. The second-order valence-electron chi connectivity index (χ2n) is 4.71. The van der Waals surface area contributed by atoms with E-state index in [-0.39, 0.29) is 11.3 Å². The maximum absolute atomic E-state index is 13.5. The lowest BCUT2D eigenvalue weighted by Gasteiger charge is -2.08. The largest absolute Gasteiger partial charge is 0.358 e. The minimum Gasteiger partial charge on any atom is -0.358 e. The van der Waals surface area contributed by atoms with E-state index in [9.17, 15) is 9.18 Å². The Bertz CT molecular complexity index is 812. The zero-order valence-corrected chi connectivity index (χ0v) is 14.4. The van der Waals surface area contributed by atoms with E-state index >= 15 is 0 Å². The molecule has 0 aliphatic rings. The molecular formula is C17H13FIN3O. The summed E-state index contributed by atoms with van der Waals surface area (Å²) in [5.74, 6) is -1.02. The van der Waals surface area contributed by atoms with E-state index in [2.05, 4.69) is 33.2 Å². The van der Waals surface area contributed by atoms with E-state index in [1.54, 1.807) is 24.3 Å². The van der Waals surface area contributed by atoms with Gasteiger partial charge in [0.1, 0.15) is 17.5 Å². The number of aryl methyl sites for hydroxylation is 1. The van der Waals surface area contributed by atoms with Crippen molar-refractivity contribution in [3.05, 3.63) is 69.2 Å². The van der Waals surface area contributed by atoms with Crippen LogP contribution in [-0.4, -0.2) is 5.91 Å². The van der Waals surface area contributed by atoms with Crippen molar-refractivity contribution in [2.24, 2.45) is 0 Å². The number of amides is 1. The summed E-state index contributed by atoms with van der Waals surface area (Å²) in [5.41, 5.74) is 1.57. The monoisotopic (exact) mass is 421 g/mol. The predicted molar refractivity (Wildman–Crippen MR) is 96.2 cm³/mol. The SMILES string of the molecule is Cc1cc(I)ccc1NC(=O)/C(C#N)=C\Nc1ccccc1F. The van der Waals surface area contributed by atoms with Crippen LogP contribution in [0.15, 0.2) is 54.2 Å². The highest BCUT2D eigenvalue weighted by atomic mass is 127. The van der Waals surface area contributed by atoms with Crippen LogP contribution in [-0.2, 0) is 4.79 Å². The summed E-state index contributed by atoms with van der Waals surface area (Å²) in [6, 6.07) is 13.4. The van der Waals surface area contributed by atoms with E-state index in [0.29, 0.717) is 5.69 Å². The van der Waals surface area contributed by atoms with Crippen molar-refractivity contribution in [2.45, 2.75) is 6.92 Å². The van der Waals surface area contributed by atoms with Gasteiger partial charge in [0, 0.05) is 15.5 Å². The highest BCUT2D eigenvalue weighted by molar-refractivity contribution is 14.1. The molecule has 0 atom stereocenters. The van der Waals surface area contributed by atoms with Crippen LogP contribution in [0.4, 0.5) is 15.8 Å². The molecule has 0 radical (unpaired) electrons. The molecule has 2 N–H and O–H groups in total. The molecule has 0 aromatic heterocycles. The van der Waals surface area contributed by atoms with Crippen molar-refractivity contribution in [1.29, 1.82) is 5.26 Å². The van der Waals surface area contributed by atoms with Crippen molar-refractivity contribution < 1.29 is 9.18 Å². The van der Waals surface area contributed by atoms with Gasteiger partial charge in [0.25, 0.3) is 5.91 Å². The van der Waals surface area contributed by atoms with Gasteiger partial charge in [0.15, 0.2) is 0 Å². The second kappa shape index (κ2) is 7.74. The number of nitrogens with one attached hydrogen (secondary N) is 2. The fourth-order valence-corrected chi connectivity index (χ4v) is 2.48. The van der Waals surface area contributed by atoms with Crippen molar-refractivity contribution in [2.75, 3.05) is 10.6 Å². The van der Waals surface area contributed by atoms with Gasteiger partial charge in [-0.05, 0) is 65.4 Å². The molecule has 0 saturated carbocycles. The summed E-state index contributed by atoms with van der Waals surface area (Å²) in [5, 5.41) is 14.4. The lowest BCUT2D eigenvalue weighted by Crippen LogP contribution is -2.15. The number of nitriles is 1. The second-order valence-corrected chi connectivity index (χ2v) is 5.95. The van der Waals surface area contributed by atoms with E-state index in [1.807, 2.05) is 19.1 Å². The van der Waals surface area contributed by atoms with Crippen LogP contribution in [0.25, 0.3) is 0 Å². The number of para-hydroxylation sites is 1. The van der Waals surface area contributed by atoms with Crippen LogP contribution < -0.4 is 10.6 Å². The normalized spacial score (nSPS) is 10.8. The summed E-state index contributed by atoms with van der Waals surface area (Å²) < 4.78 is 14.6. The molecule has 116 valence electrons. The van der Waals surface area contributed by atoms with Gasteiger partial charge in [-0.15, -0.1) is 0 Å². The number of halogens is 2. The number of hydrogen-bond donors (Lipinski definition) is 2. The molecule has 0 unspecified atom stereocenters. The van der Waals surface area contributed by atoms with Crippen LogP contribution in [0, 0.1) is 27.6 Å². The molecule has 0 spiro atoms. The molecule has 0 aliphatic carbocycles. The lowest BCUT2D eigenvalue weighted by molar-refractivity contribution is -0.112. The average molecular weight is 421 g/mol. The first-order valence-corrected chi connectivity index (χ1v) is 7.78. The van der Waals surface area contributed by atoms with E-state index in [1.165, 1.54) is 18.3 Å². The molecule has 23 heavy (non-hydrogen) atoms. The highest BCUT2D eigenvalue weighted by Crippen LogP contribution is 2.18. The summed E-state index contributed by atoms with van der Waals surface area (Å²) in [6.07, 6.45) is 1.19. The van der Waals surface area contributed by atoms with Gasteiger partial charge in [0.2, 0.25) is 0 Å². The maximum Gasteiger partial charge on any atom is 0.267 e. The smallest absolute Gasteiger partial charge is 0.267 e. The number of anilines is 2. The third-order valence-electron chi connectivity index (χ3n) is 3.05. The molecule has 0 saturated heterocycles. The third-order valence-corrected chi connectivity index (χ3v) is 3.72. The van der Waals surface area contributed by atoms with Gasteiger partial charge in [-0.1, -0.05) is 12.1 Å². The standard InChI is InChI=1S/C17H13FIN3O/c1-11-8-13(19)6-7-15(11)22-17(23)12(9-20)10-21-16-5-3-2-4-14(16)18/h2-8,10,21H,1H3,(H,22,23)/b12-10-. The highest BCUT2D eigenvalue weighted by Gasteiger charge is 2.11. The predicted octanol–water partition coefficient (Wildman–Crippen LogP) is 4.20. The zero-order chi connectivity index (χ0) is 16.8. The Labute approximate surface area is 147 Å². The van der Waals surface area contributed by atoms with E-state index < -0.39 is 11.7 Å². The fraction of sp³-hybridized carbons (Fsp3) is 0.0588. The van der Waals surface area contributed by atoms with Crippen LogP contribution in [0.1, 0.15) is 5.56 Å². The number of carbonyl (C=O) groups excluding carboxylic acids is 1. The minimum absolute atomic E-state index is 0.147. The van der Waals surface area contributed by atoms with Crippen LogP contribution in [0.3, 0.4) is 0 Å². The summed E-state index contributed by atoms with van der Waals surface area (Å²) in [6.45, 7) is 1.87. The molecule has 0 heterocycles. The summed E-state index contributed by atoms with van der Waals surface area (Å²) >= 11 is 2.18. The van der Waals surface area contributed by atoms with Crippen LogP contribution in [0.2, 0.25) is 0 Å². The van der Waals surface area contributed by atoms with Crippen LogP contribution in [0.5, 0.6) is 0 Å². The lowest BCUT2D eigenvalue weighted by atomic mass is 10.2. The number of carbonyl (C=O) groups is 1. The summed E-state index contributed by atoms with van der Waals surface area (Å²) in [7, 11) is 0. The number of nitrogens with zero attached hydrogens (tertiary/aromatic N) is 1. The third kappa shape index (κ3) is 4.53. The maximum atomic E-state index is 13.5. The van der Waals surface area contributed by atoms with Crippen LogP contribution >= 0.6 is 22.6 Å². The van der Waals surface area contributed by atoms with Crippen molar-refractivity contribution in [3.63, 3.8) is 0 Å². The number of hydrogen-bond acceptors (Lipinski definition) is 3. The van der Waals surface area contributed by atoms with Gasteiger partial charge in [0.05, 0.1) is 5.69 Å². The van der Waals surface area contributed by atoms with Gasteiger partial charge in [-0.3, -0.25) is 4.79 Å². The molecule has 4 nitrogen and oxygen atoms in total. The molecule has 0 fully saturated rings. The topological polar surface area (TPSA) is 64.9 Å². The quantitative estimate of drug-likeness (QED) is 0.442. The first-order valence-electron chi connectivity index (χ1n) is 6.70. The van der Waals surface area contributed by atoms with Crippen molar-refractivity contribution in [3.8, 4) is 6.07 Å². The number of rotatable bonds is 4. The van der Waals surface area contributed by atoms with E-state index in [4.69, 9.17) is 5.26 Å².